The van der Waals surface area contributed by atoms with E-state index in [-0.39, 0.29) is 0 Å². The van der Waals surface area contributed by atoms with Gasteiger partial charge in [0.1, 0.15) is 5.01 Å². The van der Waals surface area contributed by atoms with Crippen LogP contribution in [0, 0.1) is 0 Å². The van der Waals surface area contributed by atoms with Crippen molar-refractivity contribution in [3.63, 3.8) is 0 Å². The maximum atomic E-state index is 4.47. The van der Waals surface area contributed by atoms with Gasteiger partial charge in [-0.3, -0.25) is 0 Å². The number of aromatic nitrogens is 1. The molecular weight excluding hydrogens is 278 g/mol. The first kappa shape index (κ1) is 10.2. The highest BCUT2D eigenvalue weighted by Crippen LogP contribution is 2.30. The third-order valence-corrected chi connectivity index (χ3v) is 3.76. The molecule has 1 aromatic carbocycles. The third kappa shape index (κ3) is 2.02. The van der Waals surface area contributed by atoms with Crippen molar-refractivity contribution in [2.24, 2.45) is 0 Å². The highest BCUT2D eigenvalue weighted by atomic mass is 79.9. The standard InChI is InChI=1S/C10H8BrNS2/c11-9-4-2-1-3-8(9)10-12-7(5-13)6-14-10/h1-4,6,13H,5H2. The van der Waals surface area contributed by atoms with Gasteiger partial charge in [0.2, 0.25) is 0 Å². The van der Waals surface area contributed by atoms with E-state index in [1.807, 2.05) is 23.6 Å². The average molecular weight is 286 g/mol. The molecule has 0 amide bonds. The quantitative estimate of drug-likeness (QED) is 0.823. The number of nitrogens with zero attached hydrogens (tertiary/aromatic N) is 1. The topological polar surface area (TPSA) is 12.9 Å². The van der Waals surface area contributed by atoms with Crippen LogP contribution < -0.4 is 0 Å². The van der Waals surface area contributed by atoms with E-state index in [0.717, 1.165) is 20.7 Å². The lowest BCUT2D eigenvalue weighted by Crippen LogP contribution is -1.80. The Kier molecular flexibility index (Phi) is 3.26. The average Bonchev–Trinajstić information content (AvgIpc) is 2.67. The van der Waals surface area contributed by atoms with Gasteiger partial charge < -0.3 is 0 Å². The highest BCUT2D eigenvalue weighted by Gasteiger charge is 2.06. The molecule has 0 atom stereocenters. The van der Waals surface area contributed by atoms with Crippen molar-refractivity contribution >= 4 is 39.9 Å². The van der Waals surface area contributed by atoms with E-state index in [0.29, 0.717) is 5.75 Å². The smallest absolute Gasteiger partial charge is 0.124 e. The van der Waals surface area contributed by atoms with E-state index in [2.05, 4.69) is 39.6 Å². The molecule has 0 saturated carbocycles. The molecule has 0 bridgehead atoms. The van der Waals surface area contributed by atoms with Crippen LogP contribution in [0.15, 0.2) is 34.1 Å². The first-order valence-electron chi connectivity index (χ1n) is 4.11. The van der Waals surface area contributed by atoms with Crippen LogP contribution in [0.4, 0.5) is 0 Å². The number of thiol groups is 1. The fraction of sp³-hybridized carbons (Fsp3) is 0.100. The van der Waals surface area contributed by atoms with Crippen molar-refractivity contribution in [1.82, 2.24) is 4.98 Å². The molecule has 72 valence electrons. The summed E-state index contributed by atoms with van der Waals surface area (Å²) < 4.78 is 1.08. The summed E-state index contributed by atoms with van der Waals surface area (Å²) in [5, 5.41) is 3.09. The van der Waals surface area contributed by atoms with E-state index in [1.165, 1.54) is 0 Å². The summed E-state index contributed by atoms with van der Waals surface area (Å²) in [6.07, 6.45) is 0. The summed E-state index contributed by atoms with van der Waals surface area (Å²) in [5.74, 6) is 0.695. The molecule has 2 aromatic rings. The first-order chi connectivity index (χ1) is 6.81. The van der Waals surface area contributed by atoms with Gasteiger partial charge in [0.15, 0.2) is 0 Å². The Labute approximate surface area is 101 Å². The second-order valence-corrected chi connectivity index (χ2v) is 4.81. The number of halogens is 1. The van der Waals surface area contributed by atoms with Crippen molar-refractivity contribution in [2.45, 2.75) is 5.75 Å². The lowest BCUT2D eigenvalue weighted by atomic mass is 10.2. The minimum Gasteiger partial charge on any atom is -0.240 e. The zero-order chi connectivity index (χ0) is 9.97. The third-order valence-electron chi connectivity index (χ3n) is 1.82. The van der Waals surface area contributed by atoms with E-state index < -0.39 is 0 Å². The minimum absolute atomic E-state index is 0.695. The van der Waals surface area contributed by atoms with Crippen molar-refractivity contribution in [1.29, 1.82) is 0 Å². The van der Waals surface area contributed by atoms with Crippen LogP contribution in [-0.2, 0) is 5.75 Å². The van der Waals surface area contributed by atoms with Gasteiger partial charge in [0, 0.05) is 21.2 Å². The van der Waals surface area contributed by atoms with Crippen molar-refractivity contribution < 1.29 is 0 Å². The van der Waals surface area contributed by atoms with E-state index in [9.17, 15) is 0 Å². The second kappa shape index (κ2) is 4.47. The zero-order valence-corrected chi connectivity index (χ0v) is 10.6. The van der Waals surface area contributed by atoms with Crippen LogP contribution in [0.2, 0.25) is 0 Å². The van der Waals surface area contributed by atoms with Crippen LogP contribution >= 0.6 is 39.9 Å². The monoisotopic (exact) mass is 285 g/mol. The van der Waals surface area contributed by atoms with Crippen LogP contribution in [0.3, 0.4) is 0 Å². The Hall–Kier alpha value is -0.320. The Balaban J connectivity index is 2.44. The molecule has 14 heavy (non-hydrogen) atoms. The number of hydrogen-bond acceptors (Lipinski definition) is 3. The highest BCUT2D eigenvalue weighted by molar-refractivity contribution is 9.10. The van der Waals surface area contributed by atoms with Gasteiger partial charge in [-0.2, -0.15) is 12.6 Å². The molecule has 1 nitrogen and oxygen atoms in total. The Morgan fingerprint density at radius 3 is 2.79 bits per heavy atom. The molecule has 0 spiro atoms. The lowest BCUT2D eigenvalue weighted by molar-refractivity contribution is 1.24. The number of benzene rings is 1. The Bertz CT molecular complexity index is 439. The van der Waals surface area contributed by atoms with Crippen LogP contribution in [-0.4, -0.2) is 4.98 Å². The summed E-state index contributed by atoms with van der Waals surface area (Å²) in [6.45, 7) is 0. The molecule has 1 heterocycles. The zero-order valence-electron chi connectivity index (χ0n) is 7.27. The molecule has 0 aliphatic rings. The maximum Gasteiger partial charge on any atom is 0.124 e. The summed E-state index contributed by atoms with van der Waals surface area (Å²) in [6, 6.07) is 8.10. The largest absolute Gasteiger partial charge is 0.240 e. The summed E-state index contributed by atoms with van der Waals surface area (Å²) in [4.78, 5) is 4.47. The normalized spacial score (nSPS) is 10.4. The van der Waals surface area contributed by atoms with E-state index >= 15 is 0 Å². The number of hydrogen-bond donors (Lipinski definition) is 1. The summed E-state index contributed by atoms with van der Waals surface area (Å²) in [5.41, 5.74) is 2.18. The number of thiazole rings is 1. The van der Waals surface area contributed by atoms with Crippen molar-refractivity contribution in [3.05, 3.63) is 39.8 Å². The molecular formula is C10H8BrNS2. The van der Waals surface area contributed by atoms with Crippen LogP contribution in [0.1, 0.15) is 5.69 Å². The van der Waals surface area contributed by atoms with E-state index in [4.69, 9.17) is 0 Å². The van der Waals surface area contributed by atoms with Gasteiger partial charge >= 0.3 is 0 Å². The predicted octanol–water partition coefficient (Wildman–Crippen LogP) is 4.00. The lowest BCUT2D eigenvalue weighted by Gasteiger charge is -1.98. The summed E-state index contributed by atoms with van der Waals surface area (Å²) in [7, 11) is 0. The Morgan fingerprint density at radius 1 is 1.36 bits per heavy atom. The van der Waals surface area contributed by atoms with Crippen molar-refractivity contribution in [3.8, 4) is 10.6 Å². The van der Waals surface area contributed by atoms with Crippen LogP contribution in [0.5, 0.6) is 0 Å². The molecule has 0 saturated heterocycles. The van der Waals surface area contributed by atoms with Gasteiger partial charge in [-0.05, 0) is 6.07 Å². The van der Waals surface area contributed by atoms with Gasteiger partial charge in [-0.25, -0.2) is 4.98 Å². The molecule has 0 fully saturated rings. The fourth-order valence-electron chi connectivity index (χ4n) is 1.14. The predicted molar refractivity (Wildman–Crippen MR) is 67.9 cm³/mol. The molecule has 1 aromatic heterocycles. The molecule has 0 unspecified atom stereocenters. The fourth-order valence-corrected chi connectivity index (χ4v) is 2.89. The molecule has 4 heteroatoms. The Morgan fingerprint density at radius 2 is 2.14 bits per heavy atom. The molecule has 0 N–H and O–H groups in total. The van der Waals surface area contributed by atoms with E-state index in [1.54, 1.807) is 11.3 Å². The van der Waals surface area contributed by atoms with Gasteiger partial charge in [0.05, 0.1) is 5.69 Å². The molecule has 0 radical (unpaired) electrons. The minimum atomic E-state index is 0.695. The summed E-state index contributed by atoms with van der Waals surface area (Å²) >= 11 is 9.36. The molecule has 0 aliphatic heterocycles. The maximum absolute atomic E-state index is 4.47. The second-order valence-electron chi connectivity index (χ2n) is 2.78. The van der Waals surface area contributed by atoms with Crippen LogP contribution in [0.25, 0.3) is 10.6 Å². The van der Waals surface area contributed by atoms with Gasteiger partial charge in [-0.15, -0.1) is 11.3 Å². The molecule has 0 aliphatic carbocycles. The first-order valence-corrected chi connectivity index (χ1v) is 6.42. The van der Waals surface area contributed by atoms with Gasteiger partial charge in [0.25, 0.3) is 0 Å². The van der Waals surface area contributed by atoms with Gasteiger partial charge in [-0.1, -0.05) is 34.1 Å². The SMILES string of the molecule is SCc1csc(-c2ccccc2Br)n1. The number of rotatable bonds is 2. The molecule has 2 rings (SSSR count). The van der Waals surface area contributed by atoms with Crippen molar-refractivity contribution in [2.75, 3.05) is 0 Å².